The van der Waals surface area contributed by atoms with E-state index in [-0.39, 0.29) is 6.04 Å². The number of fused-ring (bicyclic) bond motifs is 1. The van der Waals surface area contributed by atoms with Crippen molar-refractivity contribution in [2.45, 2.75) is 63.8 Å². The van der Waals surface area contributed by atoms with Crippen molar-refractivity contribution in [3.8, 4) is 0 Å². The normalized spacial score (nSPS) is 32.5. The third kappa shape index (κ3) is 3.18. The fourth-order valence-electron chi connectivity index (χ4n) is 3.47. The average molecular weight is 264 g/mol. The lowest BCUT2D eigenvalue weighted by molar-refractivity contribution is -0.151. The van der Waals surface area contributed by atoms with Crippen molar-refractivity contribution in [2.24, 2.45) is 0 Å². The van der Waals surface area contributed by atoms with Crippen molar-refractivity contribution in [1.82, 2.24) is 9.80 Å². The number of alkyl halides is 3. The van der Waals surface area contributed by atoms with Crippen molar-refractivity contribution in [3.63, 3.8) is 0 Å². The molecule has 0 radical (unpaired) electrons. The predicted molar refractivity (Wildman–Crippen MR) is 65.5 cm³/mol. The highest BCUT2D eigenvalue weighted by molar-refractivity contribution is 4.93. The van der Waals surface area contributed by atoms with Gasteiger partial charge < -0.3 is 0 Å². The summed E-state index contributed by atoms with van der Waals surface area (Å²) < 4.78 is 37.6. The van der Waals surface area contributed by atoms with Gasteiger partial charge in [-0.05, 0) is 32.7 Å². The summed E-state index contributed by atoms with van der Waals surface area (Å²) in [5.41, 5.74) is 0. The maximum absolute atomic E-state index is 12.5. The summed E-state index contributed by atoms with van der Waals surface area (Å²) in [6.07, 6.45) is -1.46. The van der Waals surface area contributed by atoms with Crippen molar-refractivity contribution >= 4 is 0 Å². The summed E-state index contributed by atoms with van der Waals surface area (Å²) in [5.74, 6) is 0. The molecule has 0 bridgehead atoms. The molecule has 2 heterocycles. The Morgan fingerprint density at radius 1 is 1.28 bits per heavy atom. The second-order valence-corrected chi connectivity index (χ2v) is 5.72. The van der Waals surface area contributed by atoms with Crippen LogP contribution in [0.1, 0.15) is 39.5 Å². The van der Waals surface area contributed by atoms with Crippen LogP contribution in [0.3, 0.4) is 0 Å². The molecule has 0 saturated carbocycles. The smallest absolute Gasteiger partial charge is 0.298 e. The highest BCUT2D eigenvalue weighted by atomic mass is 19.4. The number of nitrogens with zero attached hydrogens (tertiary/aromatic N) is 2. The average Bonchev–Trinajstić information content (AvgIpc) is 2.71. The van der Waals surface area contributed by atoms with Crippen LogP contribution in [0.2, 0.25) is 0 Å². The highest BCUT2D eigenvalue weighted by Gasteiger charge is 2.40. The molecule has 2 fully saturated rings. The molecule has 2 saturated heterocycles. The Hall–Kier alpha value is -0.290. The van der Waals surface area contributed by atoms with Gasteiger partial charge >= 0.3 is 6.18 Å². The molecule has 0 aromatic rings. The van der Waals surface area contributed by atoms with Crippen LogP contribution in [0.5, 0.6) is 0 Å². The number of hydrogen-bond acceptors (Lipinski definition) is 2. The number of piperazine rings is 1. The van der Waals surface area contributed by atoms with Gasteiger partial charge in [0.15, 0.2) is 0 Å². The quantitative estimate of drug-likeness (QED) is 0.773. The van der Waals surface area contributed by atoms with Gasteiger partial charge in [0.05, 0.1) is 6.42 Å². The van der Waals surface area contributed by atoms with E-state index in [2.05, 4.69) is 16.7 Å². The zero-order valence-corrected chi connectivity index (χ0v) is 11.2. The monoisotopic (exact) mass is 264 g/mol. The van der Waals surface area contributed by atoms with Gasteiger partial charge in [-0.3, -0.25) is 9.80 Å². The van der Waals surface area contributed by atoms with E-state index in [1.54, 1.807) is 6.92 Å². The van der Waals surface area contributed by atoms with Crippen molar-refractivity contribution < 1.29 is 13.2 Å². The standard InChI is InChI=1S/C13H23F3N2/c1-3-11-8-17-6-4-5-12(17)9-18(11)10(2)7-13(14,15)16/h10-12H,3-9H2,1-2H3. The van der Waals surface area contributed by atoms with Gasteiger partial charge in [-0.1, -0.05) is 6.92 Å². The number of halogens is 3. The third-order valence-corrected chi connectivity index (χ3v) is 4.40. The highest BCUT2D eigenvalue weighted by Crippen LogP contribution is 2.31. The van der Waals surface area contributed by atoms with Gasteiger partial charge in [-0.15, -0.1) is 0 Å². The summed E-state index contributed by atoms with van der Waals surface area (Å²) >= 11 is 0. The Bertz CT molecular complexity index is 280. The summed E-state index contributed by atoms with van der Waals surface area (Å²) in [7, 11) is 0. The molecule has 0 aromatic carbocycles. The molecular weight excluding hydrogens is 241 g/mol. The molecule has 0 N–H and O–H groups in total. The first-order valence-electron chi connectivity index (χ1n) is 6.97. The summed E-state index contributed by atoms with van der Waals surface area (Å²) in [6.45, 7) is 6.69. The molecule has 18 heavy (non-hydrogen) atoms. The molecule has 2 aliphatic heterocycles. The third-order valence-electron chi connectivity index (χ3n) is 4.40. The first-order chi connectivity index (χ1) is 8.40. The summed E-state index contributed by atoms with van der Waals surface area (Å²) in [4.78, 5) is 4.56. The van der Waals surface area contributed by atoms with E-state index in [0.717, 1.165) is 32.5 Å². The summed E-state index contributed by atoms with van der Waals surface area (Å²) in [5, 5.41) is 0. The van der Waals surface area contributed by atoms with Crippen LogP contribution in [0.4, 0.5) is 13.2 Å². The van der Waals surface area contributed by atoms with E-state index in [4.69, 9.17) is 0 Å². The summed E-state index contributed by atoms with van der Waals surface area (Å²) in [6, 6.07) is 0.387. The first kappa shape index (κ1) is 14.1. The topological polar surface area (TPSA) is 6.48 Å². The van der Waals surface area contributed by atoms with Crippen LogP contribution < -0.4 is 0 Å². The fraction of sp³-hybridized carbons (Fsp3) is 1.00. The van der Waals surface area contributed by atoms with Gasteiger partial charge in [0.25, 0.3) is 0 Å². The Kier molecular flexibility index (Phi) is 4.22. The van der Waals surface area contributed by atoms with Gasteiger partial charge in [0.2, 0.25) is 0 Å². The van der Waals surface area contributed by atoms with Gasteiger partial charge in [-0.2, -0.15) is 13.2 Å². The van der Waals surface area contributed by atoms with E-state index in [1.807, 2.05) is 0 Å². The second-order valence-electron chi connectivity index (χ2n) is 5.72. The molecule has 3 unspecified atom stereocenters. The predicted octanol–water partition coefficient (Wildman–Crippen LogP) is 2.89. The molecule has 0 aromatic heterocycles. The maximum atomic E-state index is 12.5. The molecule has 2 aliphatic rings. The molecule has 5 heteroatoms. The second kappa shape index (κ2) is 5.37. The van der Waals surface area contributed by atoms with Gasteiger partial charge in [-0.25, -0.2) is 0 Å². The van der Waals surface area contributed by atoms with E-state index in [0.29, 0.717) is 6.04 Å². The van der Waals surface area contributed by atoms with Crippen molar-refractivity contribution in [3.05, 3.63) is 0 Å². The Labute approximate surface area is 107 Å². The Balaban J connectivity index is 2.00. The van der Waals surface area contributed by atoms with Crippen LogP contribution in [-0.4, -0.2) is 53.7 Å². The molecule has 3 atom stereocenters. The SMILES string of the molecule is CCC1CN2CCCC2CN1C(C)CC(F)(F)F. The van der Waals surface area contributed by atoms with Crippen LogP contribution >= 0.6 is 0 Å². The van der Waals surface area contributed by atoms with E-state index in [1.165, 1.54) is 6.42 Å². The molecule has 2 nitrogen and oxygen atoms in total. The van der Waals surface area contributed by atoms with E-state index >= 15 is 0 Å². The lowest BCUT2D eigenvalue weighted by Crippen LogP contribution is -2.58. The molecule has 0 spiro atoms. The van der Waals surface area contributed by atoms with Crippen LogP contribution in [0.25, 0.3) is 0 Å². The first-order valence-corrected chi connectivity index (χ1v) is 6.97. The van der Waals surface area contributed by atoms with Crippen LogP contribution in [-0.2, 0) is 0 Å². The van der Waals surface area contributed by atoms with Gasteiger partial charge in [0.1, 0.15) is 0 Å². The molecule has 0 amide bonds. The molecule has 106 valence electrons. The largest absolute Gasteiger partial charge is 0.390 e. The lowest BCUT2D eigenvalue weighted by atomic mass is 10.0. The molecule has 0 aliphatic carbocycles. The maximum Gasteiger partial charge on any atom is 0.390 e. The minimum atomic E-state index is -4.05. The van der Waals surface area contributed by atoms with Crippen molar-refractivity contribution in [2.75, 3.05) is 19.6 Å². The number of hydrogen-bond donors (Lipinski definition) is 0. The van der Waals surface area contributed by atoms with E-state index in [9.17, 15) is 13.2 Å². The minimum Gasteiger partial charge on any atom is -0.298 e. The van der Waals surface area contributed by atoms with Gasteiger partial charge in [0, 0.05) is 31.2 Å². The van der Waals surface area contributed by atoms with Crippen LogP contribution in [0.15, 0.2) is 0 Å². The van der Waals surface area contributed by atoms with Crippen LogP contribution in [0, 0.1) is 0 Å². The van der Waals surface area contributed by atoms with E-state index < -0.39 is 18.6 Å². The minimum absolute atomic E-state index is 0.289. The lowest BCUT2D eigenvalue weighted by Gasteiger charge is -2.46. The zero-order valence-electron chi connectivity index (χ0n) is 11.2. The number of rotatable bonds is 3. The molecule has 2 rings (SSSR count). The van der Waals surface area contributed by atoms with Crippen molar-refractivity contribution in [1.29, 1.82) is 0 Å². The Morgan fingerprint density at radius 2 is 2.00 bits per heavy atom. The Morgan fingerprint density at radius 3 is 2.61 bits per heavy atom. The molecular formula is C13H23F3N2. The fourth-order valence-corrected chi connectivity index (χ4v) is 3.47. The zero-order chi connectivity index (χ0) is 13.3.